The number of halogens is 2. The van der Waals surface area contributed by atoms with Crippen molar-refractivity contribution in [2.45, 2.75) is 6.42 Å². The number of anilines is 2. The van der Waals surface area contributed by atoms with Crippen molar-refractivity contribution in [1.29, 1.82) is 0 Å². The van der Waals surface area contributed by atoms with E-state index in [-0.39, 0.29) is 19.0 Å². The SMILES string of the molecule is NCCOC(=O)Cc1ccccc1Nc1c(Cl)cccc1Cl. The lowest BCUT2D eigenvalue weighted by atomic mass is 10.1. The highest BCUT2D eigenvalue weighted by Gasteiger charge is 2.11. The van der Waals surface area contributed by atoms with Crippen LogP contribution in [0.25, 0.3) is 0 Å². The minimum Gasteiger partial charge on any atom is -0.464 e. The van der Waals surface area contributed by atoms with E-state index in [1.165, 1.54) is 0 Å². The van der Waals surface area contributed by atoms with Gasteiger partial charge in [0.05, 0.1) is 22.2 Å². The van der Waals surface area contributed by atoms with Gasteiger partial charge >= 0.3 is 5.97 Å². The maximum atomic E-state index is 11.8. The molecule has 6 heteroatoms. The molecule has 2 aromatic carbocycles. The van der Waals surface area contributed by atoms with Crippen molar-refractivity contribution in [1.82, 2.24) is 0 Å². The summed E-state index contributed by atoms with van der Waals surface area (Å²) >= 11 is 12.3. The molecule has 0 heterocycles. The number of ether oxygens (including phenoxy) is 1. The van der Waals surface area contributed by atoms with E-state index in [1.807, 2.05) is 24.3 Å². The molecule has 0 aliphatic heterocycles. The van der Waals surface area contributed by atoms with Crippen LogP contribution in [-0.4, -0.2) is 19.1 Å². The van der Waals surface area contributed by atoms with Crippen molar-refractivity contribution >= 4 is 40.5 Å². The lowest BCUT2D eigenvalue weighted by Crippen LogP contribution is -2.15. The molecule has 0 radical (unpaired) electrons. The topological polar surface area (TPSA) is 64.3 Å². The summed E-state index contributed by atoms with van der Waals surface area (Å²) in [6.07, 6.45) is 0.144. The van der Waals surface area contributed by atoms with Crippen LogP contribution in [0.4, 0.5) is 11.4 Å². The summed E-state index contributed by atoms with van der Waals surface area (Å²) in [7, 11) is 0. The lowest BCUT2D eigenvalue weighted by Gasteiger charge is -2.14. The van der Waals surface area contributed by atoms with Gasteiger partial charge in [-0.05, 0) is 23.8 Å². The minimum atomic E-state index is -0.329. The first kappa shape index (κ1) is 16.6. The first-order valence-corrected chi connectivity index (χ1v) is 7.52. The Morgan fingerprint density at radius 1 is 1.09 bits per heavy atom. The van der Waals surface area contributed by atoms with Crippen LogP contribution in [0.2, 0.25) is 10.0 Å². The van der Waals surface area contributed by atoms with E-state index < -0.39 is 0 Å². The molecule has 0 atom stereocenters. The number of carbonyl (C=O) groups is 1. The molecule has 0 fully saturated rings. The molecule has 0 amide bonds. The summed E-state index contributed by atoms with van der Waals surface area (Å²) in [5.74, 6) is -0.329. The second kappa shape index (κ2) is 8.03. The average Bonchev–Trinajstić information content (AvgIpc) is 2.50. The molecule has 2 aromatic rings. The van der Waals surface area contributed by atoms with Crippen molar-refractivity contribution in [3.05, 3.63) is 58.1 Å². The molecule has 22 heavy (non-hydrogen) atoms. The number of carbonyl (C=O) groups excluding carboxylic acids is 1. The first-order chi connectivity index (χ1) is 10.6. The molecule has 0 unspecified atom stereocenters. The predicted octanol–water partition coefficient (Wildman–Crippen LogP) is 3.78. The Hall–Kier alpha value is -1.75. The smallest absolute Gasteiger partial charge is 0.310 e. The monoisotopic (exact) mass is 338 g/mol. The molecule has 0 spiro atoms. The molecular weight excluding hydrogens is 323 g/mol. The predicted molar refractivity (Wildman–Crippen MR) is 89.9 cm³/mol. The van der Waals surface area contributed by atoms with Crippen LogP contribution in [0.5, 0.6) is 0 Å². The van der Waals surface area contributed by atoms with Gasteiger partial charge in [-0.3, -0.25) is 4.79 Å². The van der Waals surface area contributed by atoms with Gasteiger partial charge in [0.1, 0.15) is 6.61 Å². The van der Waals surface area contributed by atoms with Gasteiger partial charge in [0.25, 0.3) is 0 Å². The Morgan fingerprint density at radius 2 is 1.77 bits per heavy atom. The van der Waals surface area contributed by atoms with Crippen LogP contribution < -0.4 is 11.1 Å². The number of esters is 1. The second-order valence-electron chi connectivity index (χ2n) is 4.56. The number of nitrogens with two attached hydrogens (primary N) is 1. The van der Waals surface area contributed by atoms with Gasteiger partial charge in [-0.25, -0.2) is 0 Å². The van der Waals surface area contributed by atoms with E-state index in [1.54, 1.807) is 18.2 Å². The highest BCUT2D eigenvalue weighted by atomic mass is 35.5. The van der Waals surface area contributed by atoms with Crippen LogP contribution in [-0.2, 0) is 16.0 Å². The van der Waals surface area contributed by atoms with Crippen molar-refractivity contribution in [2.75, 3.05) is 18.5 Å². The van der Waals surface area contributed by atoms with E-state index in [4.69, 9.17) is 33.7 Å². The third kappa shape index (κ3) is 4.37. The molecule has 116 valence electrons. The van der Waals surface area contributed by atoms with E-state index in [2.05, 4.69) is 5.32 Å². The summed E-state index contributed by atoms with van der Waals surface area (Å²) in [5, 5.41) is 4.19. The zero-order valence-electron chi connectivity index (χ0n) is 11.8. The molecule has 0 aliphatic rings. The van der Waals surface area contributed by atoms with Crippen molar-refractivity contribution in [3.8, 4) is 0 Å². The number of hydrogen-bond donors (Lipinski definition) is 2. The fraction of sp³-hybridized carbons (Fsp3) is 0.188. The normalized spacial score (nSPS) is 10.3. The Bertz CT molecular complexity index is 642. The van der Waals surface area contributed by atoms with Gasteiger partial charge in [-0.15, -0.1) is 0 Å². The summed E-state index contributed by atoms with van der Waals surface area (Å²) < 4.78 is 5.00. The summed E-state index contributed by atoms with van der Waals surface area (Å²) in [5.41, 5.74) is 7.47. The van der Waals surface area contributed by atoms with Crippen molar-refractivity contribution < 1.29 is 9.53 Å². The van der Waals surface area contributed by atoms with Gasteiger partial charge in [0.2, 0.25) is 0 Å². The van der Waals surface area contributed by atoms with Crippen LogP contribution >= 0.6 is 23.2 Å². The third-order valence-corrected chi connectivity index (χ3v) is 3.59. The minimum absolute atomic E-state index is 0.144. The van der Waals surface area contributed by atoms with E-state index >= 15 is 0 Å². The van der Waals surface area contributed by atoms with Crippen molar-refractivity contribution in [2.24, 2.45) is 5.73 Å². The van der Waals surface area contributed by atoms with E-state index in [0.717, 1.165) is 11.3 Å². The second-order valence-corrected chi connectivity index (χ2v) is 5.38. The molecule has 4 nitrogen and oxygen atoms in total. The fourth-order valence-electron chi connectivity index (χ4n) is 1.93. The molecule has 0 bridgehead atoms. The summed E-state index contributed by atoms with van der Waals surface area (Å²) in [6.45, 7) is 0.519. The zero-order valence-corrected chi connectivity index (χ0v) is 13.3. The van der Waals surface area contributed by atoms with Crippen LogP contribution in [0.15, 0.2) is 42.5 Å². The maximum Gasteiger partial charge on any atom is 0.310 e. The van der Waals surface area contributed by atoms with Gasteiger partial charge in [0.15, 0.2) is 0 Å². The number of hydrogen-bond acceptors (Lipinski definition) is 4. The zero-order chi connectivity index (χ0) is 15.9. The maximum absolute atomic E-state index is 11.8. The number of rotatable bonds is 6. The molecular formula is C16H16Cl2N2O2. The van der Waals surface area contributed by atoms with Crippen LogP contribution in [0.1, 0.15) is 5.56 Å². The highest BCUT2D eigenvalue weighted by molar-refractivity contribution is 6.39. The van der Waals surface area contributed by atoms with Crippen molar-refractivity contribution in [3.63, 3.8) is 0 Å². The van der Waals surface area contributed by atoms with Gasteiger partial charge in [-0.1, -0.05) is 47.5 Å². The Balaban J connectivity index is 2.20. The number of benzene rings is 2. The molecule has 0 saturated heterocycles. The van der Waals surface area contributed by atoms with Gasteiger partial charge < -0.3 is 15.8 Å². The summed E-state index contributed by atoms with van der Waals surface area (Å²) in [6, 6.07) is 12.7. The third-order valence-electron chi connectivity index (χ3n) is 2.96. The Labute approximate surface area is 139 Å². The Morgan fingerprint density at radius 3 is 2.45 bits per heavy atom. The highest BCUT2D eigenvalue weighted by Crippen LogP contribution is 2.33. The molecule has 3 N–H and O–H groups in total. The molecule has 0 aliphatic carbocycles. The van der Waals surface area contributed by atoms with E-state index in [0.29, 0.717) is 22.3 Å². The Kier molecular flexibility index (Phi) is 6.07. The van der Waals surface area contributed by atoms with E-state index in [9.17, 15) is 4.79 Å². The number of para-hydroxylation sites is 2. The standard InChI is InChI=1S/C16H16Cl2N2O2/c17-12-5-3-6-13(18)16(12)20-14-7-2-1-4-11(14)10-15(21)22-9-8-19/h1-7,20H,8-10,19H2. The largest absolute Gasteiger partial charge is 0.464 e. The van der Waals surface area contributed by atoms with Crippen LogP contribution in [0.3, 0.4) is 0 Å². The molecule has 2 rings (SSSR count). The molecule has 0 saturated carbocycles. The van der Waals surface area contributed by atoms with Gasteiger partial charge in [-0.2, -0.15) is 0 Å². The molecule has 0 aromatic heterocycles. The quantitative estimate of drug-likeness (QED) is 0.786. The number of nitrogens with one attached hydrogen (secondary N) is 1. The lowest BCUT2D eigenvalue weighted by molar-refractivity contribution is -0.142. The average molecular weight is 339 g/mol. The summed E-state index contributed by atoms with van der Waals surface area (Å²) in [4.78, 5) is 11.8. The first-order valence-electron chi connectivity index (χ1n) is 6.76. The fourth-order valence-corrected chi connectivity index (χ4v) is 2.42. The van der Waals surface area contributed by atoms with Crippen LogP contribution in [0, 0.1) is 0 Å². The van der Waals surface area contributed by atoms with Gasteiger partial charge in [0, 0.05) is 12.2 Å².